The van der Waals surface area contributed by atoms with E-state index in [1.165, 1.54) is 11.0 Å². The number of nitrogens with two attached hydrogens (primary N) is 1. The molecule has 1 aromatic rings. The fraction of sp³-hybridized carbons (Fsp3) is 0.333. The van der Waals surface area contributed by atoms with Gasteiger partial charge in [0.05, 0.1) is 16.4 Å². The molecule has 0 aliphatic rings. The van der Waals surface area contributed by atoms with Gasteiger partial charge >= 0.3 is 0 Å². The number of amidine groups is 1. The van der Waals surface area contributed by atoms with E-state index in [-0.39, 0.29) is 18.3 Å². The van der Waals surface area contributed by atoms with E-state index < -0.39 is 0 Å². The highest BCUT2D eigenvalue weighted by atomic mass is 35.5. The lowest BCUT2D eigenvalue weighted by atomic mass is 10.3. The molecule has 1 amide bonds. The first kappa shape index (κ1) is 14.1. The molecule has 0 fully saturated rings. The van der Waals surface area contributed by atoms with Crippen LogP contribution in [0.15, 0.2) is 11.2 Å². The molecule has 1 aromatic heterocycles. The van der Waals surface area contributed by atoms with Gasteiger partial charge in [0.2, 0.25) is 0 Å². The van der Waals surface area contributed by atoms with Crippen LogP contribution in [-0.4, -0.2) is 34.9 Å². The van der Waals surface area contributed by atoms with Gasteiger partial charge in [0, 0.05) is 6.54 Å². The van der Waals surface area contributed by atoms with Crippen LogP contribution in [0.2, 0.25) is 8.67 Å². The van der Waals surface area contributed by atoms with Crippen LogP contribution in [0.3, 0.4) is 0 Å². The standard InChI is InChI=1S/C9H11Cl2N3O2S/c1-2-14(4-7(12)13-16)9(15)5-3-6(10)17-8(5)11/h3,16H,2,4H2,1H3,(H2,12,13). The average Bonchev–Trinajstić information content (AvgIpc) is 2.64. The number of nitrogens with zero attached hydrogens (tertiary/aromatic N) is 2. The molecule has 0 unspecified atom stereocenters. The minimum atomic E-state index is -0.299. The summed E-state index contributed by atoms with van der Waals surface area (Å²) in [7, 11) is 0. The molecule has 94 valence electrons. The normalized spacial score (nSPS) is 11.6. The lowest BCUT2D eigenvalue weighted by Gasteiger charge is -2.19. The second-order valence-electron chi connectivity index (χ2n) is 3.15. The van der Waals surface area contributed by atoms with Gasteiger partial charge in [0.15, 0.2) is 5.84 Å². The number of carbonyl (C=O) groups is 1. The van der Waals surface area contributed by atoms with Gasteiger partial charge in [-0.25, -0.2) is 0 Å². The summed E-state index contributed by atoms with van der Waals surface area (Å²) in [5.74, 6) is -0.343. The summed E-state index contributed by atoms with van der Waals surface area (Å²) >= 11 is 12.8. The zero-order chi connectivity index (χ0) is 13.0. The Bertz CT molecular complexity index is 447. The fourth-order valence-electron chi connectivity index (χ4n) is 1.21. The molecular weight excluding hydrogens is 285 g/mol. The molecule has 0 saturated carbocycles. The molecule has 1 rings (SSSR count). The number of halogens is 2. The van der Waals surface area contributed by atoms with Crippen molar-refractivity contribution < 1.29 is 10.0 Å². The van der Waals surface area contributed by atoms with E-state index in [4.69, 9.17) is 34.1 Å². The number of rotatable bonds is 4. The monoisotopic (exact) mass is 295 g/mol. The van der Waals surface area contributed by atoms with Crippen molar-refractivity contribution in [1.82, 2.24) is 4.90 Å². The highest BCUT2D eigenvalue weighted by molar-refractivity contribution is 7.20. The van der Waals surface area contributed by atoms with E-state index in [0.29, 0.717) is 20.8 Å². The van der Waals surface area contributed by atoms with Crippen molar-refractivity contribution in [2.45, 2.75) is 6.92 Å². The van der Waals surface area contributed by atoms with Crippen molar-refractivity contribution >= 4 is 46.3 Å². The van der Waals surface area contributed by atoms with Crippen molar-refractivity contribution in [3.05, 3.63) is 20.3 Å². The SMILES string of the molecule is CCN(C/C(N)=N/O)C(=O)c1cc(Cl)sc1Cl. The molecule has 3 N–H and O–H groups in total. The minimum absolute atomic E-state index is 0.0373. The van der Waals surface area contributed by atoms with Gasteiger partial charge in [0.1, 0.15) is 4.34 Å². The lowest BCUT2D eigenvalue weighted by molar-refractivity contribution is 0.0787. The maximum atomic E-state index is 12.1. The molecule has 0 aliphatic carbocycles. The van der Waals surface area contributed by atoms with E-state index in [2.05, 4.69) is 5.16 Å². The van der Waals surface area contributed by atoms with Crippen molar-refractivity contribution in [3.63, 3.8) is 0 Å². The van der Waals surface area contributed by atoms with Crippen LogP contribution in [0.4, 0.5) is 0 Å². The quantitative estimate of drug-likeness (QED) is 0.387. The van der Waals surface area contributed by atoms with Gasteiger partial charge in [0.25, 0.3) is 5.91 Å². The Balaban J connectivity index is 2.90. The maximum absolute atomic E-state index is 12.1. The third-order valence-electron chi connectivity index (χ3n) is 2.04. The number of likely N-dealkylation sites (N-methyl/N-ethyl adjacent to an activating group) is 1. The molecule has 0 aliphatic heterocycles. The van der Waals surface area contributed by atoms with Crippen LogP contribution in [0, 0.1) is 0 Å². The summed E-state index contributed by atoms with van der Waals surface area (Å²) in [4.78, 5) is 13.5. The summed E-state index contributed by atoms with van der Waals surface area (Å²) in [6.45, 7) is 2.24. The molecule has 0 saturated heterocycles. The van der Waals surface area contributed by atoms with Crippen LogP contribution < -0.4 is 5.73 Å². The van der Waals surface area contributed by atoms with Crippen LogP contribution in [-0.2, 0) is 0 Å². The molecule has 8 heteroatoms. The first-order chi connectivity index (χ1) is 7.99. The number of hydrogen-bond donors (Lipinski definition) is 2. The number of thiophene rings is 1. The Labute approximate surface area is 112 Å². The summed E-state index contributed by atoms with van der Waals surface area (Å²) in [5.41, 5.74) is 5.69. The largest absolute Gasteiger partial charge is 0.409 e. The highest BCUT2D eigenvalue weighted by Gasteiger charge is 2.20. The Hall–Kier alpha value is -0.980. The number of carbonyl (C=O) groups excluding carboxylic acids is 1. The van der Waals surface area contributed by atoms with Gasteiger partial charge < -0.3 is 15.8 Å². The molecule has 0 atom stereocenters. The van der Waals surface area contributed by atoms with Crippen molar-refractivity contribution in [3.8, 4) is 0 Å². The van der Waals surface area contributed by atoms with Crippen molar-refractivity contribution in [1.29, 1.82) is 0 Å². The first-order valence-electron chi connectivity index (χ1n) is 4.70. The number of hydrogen-bond acceptors (Lipinski definition) is 4. The third-order valence-corrected chi connectivity index (χ3v) is 3.52. The van der Waals surface area contributed by atoms with Gasteiger partial charge in [-0.05, 0) is 13.0 Å². The maximum Gasteiger partial charge on any atom is 0.256 e. The fourth-order valence-corrected chi connectivity index (χ4v) is 2.66. The lowest BCUT2D eigenvalue weighted by Crippen LogP contribution is -2.38. The highest BCUT2D eigenvalue weighted by Crippen LogP contribution is 2.31. The summed E-state index contributed by atoms with van der Waals surface area (Å²) in [6, 6.07) is 1.51. The van der Waals surface area contributed by atoms with Crippen LogP contribution in [0.1, 0.15) is 17.3 Å². The first-order valence-corrected chi connectivity index (χ1v) is 6.27. The van der Waals surface area contributed by atoms with Crippen LogP contribution in [0.5, 0.6) is 0 Å². The van der Waals surface area contributed by atoms with E-state index in [9.17, 15) is 4.79 Å². The van der Waals surface area contributed by atoms with Gasteiger partial charge in [-0.15, -0.1) is 11.3 Å². The van der Waals surface area contributed by atoms with E-state index in [0.717, 1.165) is 11.3 Å². The van der Waals surface area contributed by atoms with E-state index in [1.54, 1.807) is 6.92 Å². The second-order valence-corrected chi connectivity index (χ2v) is 5.43. The Kier molecular flexibility index (Phi) is 5.04. The van der Waals surface area contributed by atoms with Gasteiger partial charge in [-0.3, -0.25) is 4.79 Å². The number of oxime groups is 1. The van der Waals surface area contributed by atoms with Crippen LogP contribution in [0.25, 0.3) is 0 Å². The summed E-state index contributed by atoms with van der Waals surface area (Å²) in [6.07, 6.45) is 0. The molecular formula is C9H11Cl2N3O2S. The molecule has 5 nitrogen and oxygen atoms in total. The topological polar surface area (TPSA) is 78.9 Å². The minimum Gasteiger partial charge on any atom is -0.409 e. The molecule has 0 radical (unpaired) electrons. The Morgan fingerprint density at radius 2 is 2.29 bits per heavy atom. The smallest absolute Gasteiger partial charge is 0.256 e. The average molecular weight is 296 g/mol. The van der Waals surface area contributed by atoms with Gasteiger partial charge in [-0.1, -0.05) is 28.4 Å². The zero-order valence-corrected chi connectivity index (χ0v) is 11.3. The van der Waals surface area contributed by atoms with Crippen molar-refractivity contribution in [2.24, 2.45) is 10.9 Å². The predicted molar refractivity (Wildman–Crippen MR) is 69.3 cm³/mol. The molecule has 0 bridgehead atoms. The van der Waals surface area contributed by atoms with E-state index in [1.807, 2.05) is 0 Å². The molecule has 17 heavy (non-hydrogen) atoms. The molecule has 1 heterocycles. The third kappa shape index (κ3) is 3.49. The molecule has 0 spiro atoms. The molecule has 0 aromatic carbocycles. The Morgan fingerprint density at radius 3 is 2.71 bits per heavy atom. The number of amides is 1. The van der Waals surface area contributed by atoms with Crippen LogP contribution >= 0.6 is 34.5 Å². The van der Waals surface area contributed by atoms with Gasteiger partial charge in [-0.2, -0.15) is 0 Å². The Morgan fingerprint density at radius 1 is 1.65 bits per heavy atom. The predicted octanol–water partition coefficient (Wildman–Crippen LogP) is 2.26. The zero-order valence-electron chi connectivity index (χ0n) is 8.98. The van der Waals surface area contributed by atoms with Crippen molar-refractivity contribution in [2.75, 3.05) is 13.1 Å². The summed E-state index contributed by atoms with van der Waals surface area (Å²) in [5, 5.41) is 11.3. The van der Waals surface area contributed by atoms with E-state index >= 15 is 0 Å². The second kappa shape index (κ2) is 6.09. The summed E-state index contributed by atoms with van der Waals surface area (Å²) < 4.78 is 0.774.